The Kier molecular flexibility index (Phi) is 4.46. The van der Waals surface area contributed by atoms with Gasteiger partial charge in [0.25, 0.3) is 5.91 Å². The second-order valence-corrected chi connectivity index (χ2v) is 7.01. The Bertz CT molecular complexity index is 637. The zero-order chi connectivity index (χ0) is 15.5. The Morgan fingerprint density at radius 1 is 1.29 bits per heavy atom. The van der Waals surface area contributed by atoms with Crippen LogP contribution in [0, 0.1) is 0 Å². The molecule has 21 heavy (non-hydrogen) atoms. The molecule has 1 heterocycles. The van der Waals surface area contributed by atoms with Gasteiger partial charge in [0, 0.05) is 6.04 Å². The molecule has 1 amide bonds. The van der Waals surface area contributed by atoms with Gasteiger partial charge in [-0.25, -0.2) is 13.2 Å². The summed E-state index contributed by atoms with van der Waals surface area (Å²) in [5.41, 5.74) is 0.128. The monoisotopic (exact) mass is 313 g/mol. The molecule has 1 unspecified atom stereocenters. The molecule has 2 N–H and O–H groups in total. The number of ether oxygens (including phenoxy) is 1. The molecule has 1 atom stereocenters. The fourth-order valence-corrected chi connectivity index (χ4v) is 3.69. The van der Waals surface area contributed by atoms with E-state index in [1.165, 1.54) is 24.3 Å². The molecular weight excluding hydrogens is 298 g/mol. The maximum absolute atomic E-state index is 11.6. The average Bonchev–Trinajstić information content (AvgIpc) is 2.76. The first-order chi connectivity index (χ1) is 9.85. The van der Waals surface area contributed by atoms with E-state index in [1.54, 1.807) is 0 Å². The Balaban J connectivity index is 1.80. The van der Waals surface area contributed by atoms with Crippen LogP contribution in [0.4, 0.5) is 0 Å². The normalized spacial score (nSPS) is 19.9. The molecule has 0 aromatic heterocycles. The van der Waals surface area contributed by atoms with Crippen molar-refractivity contribution in [3.05, 3.63) is 29.8 Å². The van der Waals surface area contributed by atoms with Gasteiger partial charge in [-0.2, -0.15) is 0 Å². The molecule has 1 aliphatic rings. The molecule has 2 rings (SSSR count). The van der Waals surface area contributed by atoms with E-state index in [0.29, 0.717) is 12.2 Å². The minimum absolute atomic E-state index is 0.0357. The summed E-state index contributed by atoms with van der Waals surface area (Å²) in [6.07, 6.45) is 0.418. The summed E-state index contributed by atoms with van der Waals surface area (Å²) in [6, 6.07) is 5.30. The lowest BCUT2D eigenvalue weighted by atomic mass is 10.2. The Morgan fingerprint density at radius 3 is 2.48 bits per heavy atom. The second-order valence-electron chi connectivity index (χ2n) is 4.79. The summed E-state index contributed by atoms with van der Waals surface area (Å²) >= 11 is 0. The first-order valence-electron chi connectivity index (χ1n) is 6.32. The Hall–Kier alpha value is -2.09. The molecule has 7 nitrogen and oxygen atoms in total. The Labute approximate surface area is 121 Å². The van der Waals surface area contributed by atoms with Crippen LogP contribution in [-0.2, 0) is 14.6 Å². The molecule has 8 heteroatoms. The van der Waals surface area contributed by atoms with Gasteiger partial charge in [0.2, 0.25) is 0 Å². The van der Waals surface area contributed by atoms with Crippen molar-refractivity contribution in [1.29, 1.82) is 0 Å². The largest absolute Gasteiger partial charge is 0.484 e. The van der Waals surface area contributed by atoms with Crippen molar-refractivity contribution in [1.82, 2.24) is 5.32 Å². The van der Waals surface area contributed by atoms with Crippen LogP contribution in [0.5, 0.6) is 5.75 Å². The van der Waals surface area contributed by atoms with Crippen molar-refractivity contribution in [3.63, 3.8) is 0 Å². The number of nitrogens with one attached hydrogen (secondary N) is 1. The predicted molar refractivity (Wildman–Crippen MR) is 74.1 cm³/mol. The van der Waals surface area contributed by atoms with Gasteiger partial charge in [-0.1, -0.05) is 0 Å². The van der Waals surface area contributed by atoms with Crippen molar-refractivity contribution in [3.8, 4) is 5.75 Å². The van der Waals surface area contributed by atoms with Crippen molar-refractivity contribution in [2.75, 3.05) is 18.1 Å². The highest BCUT2D eigenvalue weighted by atomic mass is 32.2. The SMILES string of the molecule is O=C(COc1ccc(C(=O)O)cc1)NC1CCS(=O)(=O)C1. The summed E-state index contributed by atoms with van der Waals surface area (Å²) in [5, 5.41) is 11.3. The number of carboxylic acids is 1. The summed E-state index contributed by atoms with van der Waals surface area (Å²) in [5.74, 6) is -1.02. The molecule has 1 saturated heterocycles. The highest BCUT2D eigenvalue weighted by Gasteiger charge is 2.28. The standard InChI is InChI=1S/C13H15NO6S/c15-12(14-10-5-6-21(18,19)8-10)7-20-11-3-1-9(2-4-11)13(16)17/h1-4,10H,5-8H2,(H,14,15)(H,16,17). The molecule has 114 valence electrons. The molecule has 1 aromatic rings. The van der Waals surface area contributed by atoms with Crippen molar-refractivity contribution in [2.45, 2.75) is 12.5 Å². The highest BCUT2D eigenvalue weighted by Crippen LogP contribution is 2.13. The quantitative estimate of drug-likeness (QED) is 0.796. The molecule has 0 radical (unpaired) electrons. The maximum Gasteiger partial charge on any atom is 0.335 e. The highest BCUT2D eigenvalue weighted by molar-refractivity contribution is 7.91. The van der Waals surface area contributed by atoms with E-state index >= 15 is 0 Å². The number of benzene rings is 1. The lowest BCUT2D eigenvalue weighted by Crippen LogP contribution is -2.38. The van der Waals surface area contributed by atoms with E-state index in [1.807, 2.05) is 0 Å². The lowest BCUT2D eigenvalue weighted by molar-refractivity contribution is -0.123. The van der Waals surface area contributed by atoms with Crippen LogP contribution in [-0.4, -0.2) is 49.6 Å². The smallest absolute Gasteiger partial charge is 0.335 e. The molecule has 1 fully saturated rings. The lowest BCUT2D eigenvalue weighted by Gasteiger charge is -2.11. The number of carboxylic acid groups (broad SMARTS) is 1. The van der Waals surface area contributed by atoms with Crippen LogP contribution in [0.3, 0.4) is 0 Å². The molecule has 1 aromatic carbocycles. The van der Waals surface area contributed by atoms with Gasteiger partial charge < -0.3 is 15.2 Å². The van der Waals surface area contributed by atoms with Crippen molar-refractivity contribution >= 4 is 21.7 Å². The number of hydrogen-bond acceptors (Lipinski definition) is 5. The van der Waals surface area contributed by atoms with Gasteiger partial charge in [-0.05, 0) is 30.7 Å². The molecule has 1 aliphatic heterocycles. The average molecular weight is 313 g/mol. The van der Waals surface area contributed by atoms with Gasteiger partial charge in [0.05, 0.1) is 17.1 Å². The third-order valence-corrected chi connectivity index (χ3v) is 4.84. The van der Waals surface area contributed by atoms with Crippen LogP contribution in [0.25, 0.3) is 0 Å². The number of rotatable bonds is 5. The van der Waals surface area contributed by atoms with Crippen molar-refractivity contribution in [2.24, 2.45) is 0 Å². The number of amides is 1. The number of hydrogen-bond donors (Lipinski definition) is 2. The number of sulfone groups is 1. The van der Waals surface area contributed by atoms with Gasteiger partial charge in [-0.3, -0.25) is 4.79 Å². The van der Waals surface area contributed by atoms with Crippen molar-refractivity contribution < 1.29 is 27.9 Å². The zero-order valence-corrected chi connectivity index (χ0v) is 11.9. The van der Waals surface area contributed by atoms with E-state index in [4.69, 9.17) is 9.84 Å². The van der Waals surface area contributed by atoms with Crippen LogP contribution in [0.15, 0.2) is 24.3 Å². The molecule has 0 bridgehead atoms. The van der Waals surface area contributed by atoms with E-state index in [0.717, 1.165) is 0 Å². The van der Waals surface area contributed by atoms with Crippen LogP contribution >= 0.6 is 0 Å². The summed E-state index contributed by atoms with van der Waals surface area (Å²) in [7, 11) is -3.03. The van der Waals surface area contributed by atoms with Crippen LogP contribution in [0.2, 0.25) is 0 Å². The number of carbonyl (C=O) groups is 2. The fourth-order valence-electron chi connectivity index (χ4n) is 2.02. The number of carbonyl (C=O) groups excluding carboxylic acids is 1. The maximum atomic E-state index is 11.6. The summed E-state index contributed by atoms with van der Waals surface area (Å²) < 4.78 is 27.7. The van der Waals surface area contributed by atoms with E-state index in [-0.39, 0.29) is 29.7 Å². The summed E-state index contributed by atoms with van der Waals surface area (Å²) in [6.45, 7) is -0.247. The predicted octanol–water partition coefficient (Wildman–Crippen LogP) is 0.0669. The van der Waals surface area contributed by atoms with E-state index in [9.17, 15) is 18.0 Å². The minimum atomic E-state index is -3.03. The second kappa shape index (κ2) is 6.13. The third kappa shape index (κ3) is 4.45. The topological polar surface area (TPSA) is 110 Å². The van der Waals surface area contributed by atoms with E-state index in [2.05, 4.69) is 5.32 Å². The first kappa shape index (κ1) is 15.3. The first-order valence-corrected chi connectivity index (χ1v) is 8.14. The van der Waals surface area contributed by atoms with Gasteiger partial charge >= 0.3 is 5.97 Å². The molecule has 0 aliphatic carbocycles. The molecular formula is C13H15NO6S. The van der Waals surface area contributed by atoms with Gasteiger partial charge in [0.15, 0.2) is 16.4 Å². The van der Waals surface area contributed by atoms with Crippen LogP contribution in [0.1, 0.15) is 16.8 Å². The zero-order valence-electron chi connectivity index (χ0n) is 11.1. The van der Waals surface area contributed by atoms with Gasteiger partial charge in [-0.15, -0.1) is 0 Å². The third-order valence-electron chi connectivity index (χ3n) is 3.07. The van der Waals surface area contributed by atoms with Gasteiger partial charge in [0.1, 0.15) is 5.75 Å². The van der Waals surface area contributed by atoms with E-state index < -0.39 is 21.7 Å². The van der Waals surface area contributed by atoms with Crippen LogP contribution < -0.4 is 10.1 Å². The molecule has 0 saturated carbocycles. The Morgan fingerprint density at radius 2 is 1.95 bits per heavy atom. The molecule has 0 spiro atoms. The minimum Gasteiger partial charge on any atom is -0.484 e. The summed E-state index contributed by atoms with van der Waals surface area (Å²) in [4.78, 5) is 22.3. The number of aromatic carboxylic acids is 1. The fraction of sp³-hybridized carbons (Fsp3) is 0.385.